The Morgan fingerprint density at radius 2 is 2.04 bits per heavy atom. The fourth-order valence-electron chi connectivity index (χ4n) is 3.45. The van der Waals surface area contributed by atoms with Crippen molar-refractivity contribution < 1.29 is 9.59 Å². The first-order chi connectivity index (χ1) is 11.1. The maximum Gasteiger partial charge on any atom is 0.228 e. The molecule has 0 saturated heterocycles. The lowest BCUT2D eigenvalue weighted by atomic mass is 9.91. The number of hydrogen-bond acceptors (Lipinski definition) is 3. The van der Waals surface area contributed by atoms with Crippen molar-refractivity contribution in [3.63, 3.8) is 0 Å². The molecule has 0 unspecified atom stereocenters. The quantitative estimate of drug-likeness (QED) is 0.776. The van der Waals surface area contributed by atoms with Gasteiger partial charge in [0, 0.05) is 24.2 Å². The molecule has 1 heterocycles. The third-order valence-electron chi connectivity index (χ3n) is 4.80. The van der Waals surface area contributed by atoms with Gasteiger partial charge in [-0.05, 0) is 55.7 Å². The molecule has 23 heavy (non-hydrogen) atoms. The van der Waals surface area contributed by atoms with Gasteiger partial charge in [-0.15, -0.1) is 0 Å². The number of amides is 2. The van der Waals surface area contributed by atoms with E-state index < -0.39 is 0 Å². The minimum atomic E-state index is 0.0590. The van der Waals surface area contributed by atoms with E-state index in [-0.39, 0.29) is 11.8 Å². The van der Waals surface area contributed by atoms with Crippen LogP contribution in [0.25, 0.3) is 0 Å². The van der Waals surface area contributed by atoms with Crippen LogP contribution in [-0.4, -0.2) is 23.9 Å². The summed E-state index contributed by atoms with van der Waals surface area (Å²) in [6.45, 7) is 0. The van der Waals surface area contributed by atoms with Crippen LogP contribution < -0.4 is 16.4 Å². The number of rotatable bonds is 5. The van der Waals surface area contributed by atoms with E-state index in [0.717, 1.165) is 49.8 Å². The Bertz CT molecular complexity index is 592. The van der Waals surface area contributed by atoms with E-state index in [2.05, 4.69) is 16.7 Å². The number of carbonyl (C=O) groups is 2. The average Bonchev–Trinajstić information content (AvgIpc) is 2.89. The zero-order chi connectivity index (χ0) is 16.2. The second-order valence-electron chi connectivity index (χ2n) is 6.75. The van der Waals surface area contributed by atoms with Crippen molar-refractivity contribution in [1.82, 2.24) is 5.32 Å². The molecule has 1 aromatic rings. The molecule has 1 aromatic carbocycles. The Morgan fingerprint density at radius 3 is 2.83 bits per heavy atom. The van der Waals surface area contributed by atoms with E-state index >= 15 is 0 Å². The van der Waals surface area contributed by atoms with Crippen molar-refractivity contribution in [2.45, 2.75) is 63.5 Å². The monoisotopic (exact) mass is 315 g/mol. The summed E-state index contributed by atoms with van der Waals surface area (Å²) < 4.78 is 0. The fourth-order valence-corrected chi connectivity index (χ4v) is 3.45. The topological polar surface area (TPSA) is 84.2 Å². The lowest BCUT2D eigenvalue weighted by molar-refractivity contribution is -0.122. The number of benzene rings is 1. The van der Waals surface area contributed by atoms with Crippen LogP contribution in [-0.2, 0) is 22.4 Å². The van der Waals surface area contributed by atoms with Crippen molar-refractivity contribution in [2.24, 2.45) is 5.73 Å². The minimum Gasteiger partial charge on any atom is -0.353 e. The molecule has 0 spiro atoms. The van der Waals surface area contributed by atoms with Gasteiger partial charge in [0.25, 0.3) is 0 Å². The molecule has 2 aliphatic rings. The standard InChI is InChI=1S/C18H25N3O2/c19-14-5-7-15(8-6-14)20-17(22)3-1-2-12-4-9-16-13(10-12)11-18(23)21-16/h4,9-10,14-15H,1-3,5-8,11,19H2,(H,20,22)(H,21,23). The third-order valence-corrected chi connectivity index (χ3v) is 4.80. The molecular formula is C18H25N3O2. The van der Waals surface area contributed by atoms with Crippen LogP contribution >= 0.6 is 0 Å². The van der Waals surface area contributed by atoms with Crippen molar-refractivity contribution in [3.05, 3.63) is 29.3 Å². The van der Waals surface area contributed by atoms with Gasteiger partial charge >= 0.3 is 0 Å². The minimum absolute atomic E-state index is 0.0590. The lowest BCUT2D eigenvalue weighted by Crippen LogP contribution is -2.40. The van der Waals surface area contributed by atoms with E-state index in [9.17, 15) is 9.59 Å². The van der Waals surface area contributed by atoms with E-state index in [1.807, 2.05) is 12.1 Å². The highest BCUT2D eigenvalue weighted by molar-refractivity contribution is 5.99. The number of aryl methyl sites for hydroxylation is 1. The van der Waals surface area contributed by atoms with Gasteiger partial charge in [-0.3, -0.25) is 9.59 Å². The third kappa shape index (κ3) is 4.32. The molecule has 3 rings (SSSR count). The van der Waals surface area contributed by atoms with Gasteiger partial charge in [0.2, 0.25) is 11.8 Å². The van der Waals surface area contributed by atoms with Crippen molar-refractivity contribution >= 4 is 17.5 Å². The number of hydrogen-bond donors (Lipinski definition) is 3. The maximum atomic E-state index is 12.0. The van der Waals surface area contributed by atoms with E-state index in [1.54, 1.807) is 0 Å². The first-order valence-corrected chi connectivity index (χ1v) is 8.57. The normalized spacial score (nSPS) is 23.3. The van der Waals surface area contributed by atoms with Gasteiger partial charge in [0.15, 0.2) is 0 Å². The molecule has 5 heteroatoms. The van der Waals surface area contributed by atoms with E-state index in [4.69, 9.17) is 5.73 Å². The summed E-state index contributed by atoms with van der Waals surface area (Å²) in [6.07, 6.45) is 6.73. The van der Waals surface area contributed by atoms with Crippen LogP contribution in [0.2, 0.25) is 0 Å². The SMILES string of the molecule is NC1CCC(NC(=O)CCCc2ccc3c(c2)CC(=O)N3)CC1. The van der Waals surface area contributed by atoms with E-state index in [0.29, 0.717) is 24.9 Å². The van der Waals surface area contributed by atoms with Crippen molar-refractivity contribution in [3.8, 4) is 0 Å². The Kier molecular flexibility index (Phi) is 4.96. The Morgan fingerprint density at radius 1 is 1.26 bits per heavy atom. The lowest BCUT2D eigenvalue weighted by Gasteiger charge is -2.26. The molecule has 124 valence electrons. The average molecular weight is 315 g/mol. The summed E-state index contributed by atoms with van der Waals surface area (Å²) in [5, 5.41) is 5.96. The summed E-state index contributed by atoms with van der Waals surface area (Å²) in [5.74, 6) is 0.201. The summed E-state index contributed by atoms with van der Waals surface area (Å²) >= 11 is 0. The summed E-state index contributed by atoms with van der Waals surface area (Å²) in [5.41, 5.74) is 9.06. The van der Waals surface area contributed by atoms with Gasteiger partial charge in [-0.1, -0.05) is 12.1 Å². The van der Waals surface area contributed by atoms with Crippen LogP contribution in [0, 0.1) is 0 Å². The largest absolute Gasteiger partial charge is 0.353 e. The Balaban J connectivity index is 1.40. The molecule has 1 fully saturated rings. The molecule has 1 aliphatic heterocycles. The number of anilines is 1. The number of fused-ring (bicyclic) bond motifs is 1. The molecule has 2 amide bonds. The predicted molar refractivity (Wildman–Crippen MR) is 90.1 cm³/mol. The summed E-state index contributed by atoms with van der Waals surface area (Å²) in [4.78, 5) is 23.4. The second-order valence-corrected chi connectivity index (χ2v) is 6.75. The molecule has 1 aliphatic carbocycles. The molecule has 4 N–H and O–H groups in total. The van der Waals surface area contributed by atoms with Crippen LogP contribution in [0.4, 0.5) is 5.69 Å². The molecule has 0 bridgehead atoms. The van der Waals surface area contributed by atoms with Gasteiger partial charge in [-0.2, -0.15) is 0 Å². The highest BCUT2D eigenvalue weighted by atomic mass is 16.2. The second kappa shape index (κ2) is 7.13. The number of nitrogens with one attached hydrogen (secondary N) is 2. The molecular weight excluding hydrogens is 290 g/mol. The Labute approximate surface area is 137 Å². The zero-order valence-electron chi connectivity index (χ0n) is 13.4. The van der Waals surface area contributed by atoms with E-state index in [1.165, 1.54) is 5.56 Å². The highest BCUT2D eigenvalue weighted by Crippen LogP contribution is 2.24. The maximum absolute atomic E-state index is 12.0. The van der Waals surface area contributed by atoms with Crippen molar-refractivity contribution in [1.29, 1.82) is 0 Å². The predicted octanol–water partition coefficient (Wildman–Crippen LogP) is 1.89. The first kappa shape index (κ1) is 16.0. The van der Waals surface area contributed by atoms with Crippen LogP contribution in [0.5, 0.6) is 0 Å². The first-order valence-electron chi connectivity index (χ1n) is 8.57. The van der Waals surface area contributed by atoms with Crippen molar-refractivity contribution in [2.75, 3.05) is 5.32 Å². The number of carbonyl (C=O) groups excluding carboxylic acids is 2. The van der Waals surface area contributed by atoms with Gasteiger partial charge < -0.3 is 16.4 Å². The molecule has 0 aromatic heterocycles. The van der Waals surface area contributed by atoms with Crippen LogP contribution in [0.1, 0.15) is 49.7 Å². The Hall–Kier alpha value is -1.88. The zero-order valence-corrected chi connectivity index (χ0v) is 13.4. The highest BCUT2D eigenvalue weighted by Gasteiger charge is 2.20. The molecule has 0 atom stereocenters. The summed E-state index contributed by atoms with van der Waals surface area (Å²) in [7, 11) is 0. The molecule has 0 radical (unpaired) electrons. The van der Waals surface area contributed by atoms with Gasteiger partial charge in [-0.25, -0.2) is 0 Å². The van der Waals surface area contributed by atoms with Crippen LogP contribution in [0.15, 0.2) is 18.2 Å². The molecule has 5 nitrogen and oxygen atoms in total. The number of nitrogens with two attached hydrogens (primary N) is 1. The smallest absolute Gasteiger partial charge is 0.228 e. The molecule has 1 saturated carbocycles. The summed E-state index contributed by atoms with van der Waals surface area (Å²) in [6, 6.07) is 6.68. The van der Waals surface area contributed by atoms with Gasteiger partial charge in [0.05, 0.1) is 6.42 Å². The van der Waals surface area contributed by atoms with Gasteiger partial charge in [0.1, 0.15) is 0 Å². The fraction of sp³-hybridized carbons (Fsp3) is 0.556. The van der Waals surface area contributed by atoms with Crippen LogP contribution in [0.3, 0.4) is 0 Å².